The summed E-state index contributed by atoms with van der Waals surface area (Å²) in [6.45, 7) is 4.43. The molecule has 0 N–H and O–H groups in total. The van der Waals surface area contributed by atoms with Crippen LogP contribution in [0.4, 0.5) is 0 Å². The van der Waals surface area contributed by atoms with Crippen molar-refractivity contribution >= 4 is 22.8 Å². The molecule has 0 aliphatic carbocycles. The second-order valence-electron chi connectivity index (χ2n) is 4.34. The standard InChI is InChI=1S/C15H16NO.BrH/c1-12-5-7-14(8-6-12)15(17)11-16-9-3-4-13(2)10-16;/h3-10H,11H2,1-2H3;1H/q+1;. The van der Waals surface area contributed by atoms with Gasteiger partial charge in [0.1, 0.15) is 0 Å². The molecule has 1 heterocycles. The lowest BCUT2D eigenvalue weighted by molar-refractivity contribution is -0.683. The summed E-state index contributed by atoms with van der Waals surface area (Å²) >= 11 is 0. The molecule has 0 spiro atoms. The van der Waals surface area contributed by atoms with E-state index in [1.54, 1.807) is 0 Å². The molecule has 1 aromatic heterocycles. The van der Waals surface area contributed by atoms with Crippen LogP contribution in [0.15, 0.2) is 48.8 Å². The third-order valence-electron chi connectivity index (χ3n) is 2.71. The van der Waals surface area contributed by atoms with Gasteiger partial charge in [0.25, 0.3) is 0 Å². The lowest BCUT2D eigenvalue weighted by atomic mass is 10.1. The Morgan fingerprint density at radius 3 is 2.33 bits per heavy atom. The minimum Gasteiger partial charge on any atom is -0.287 e. The van der Waals surface area contributed by atoms with Crippen molar-refractivity contribution in [3.8, 4) is 0 Å². The number of hydrogen-bond acceptors (Lipinski definition) is 1. The molecule has 0 saturated heterocycles. The third-order valence-corrected chi connectivity index (χ3v) is 2.71. The van der Waals surface area contributed by atoms with Crippen LogP contribution in [0.1, 0.15) is 21.5 Å². The predicted octanol–water partition coefficient (Wildman–Crippen LogP) is 3.05. The number of ketones is 1. The molecule has 2 nitrogen and oxygen atoms in total. The summed E-state index contributed by atoms with van der Waals surface area (Å²) in [6.07, 6.45) is 3.89. The quantitative estimate of drug-likeness (QED) is 0.631. The van der Waals surface area contributed by atoms with E-state index in [-0.39, 0.29) is 22.8 Å². The van der Waals surface area contributed by atoms with E-state index in [2.05, 4.69) is 0 Å². The topological polar surface area (TPSA) is 20.9 Å². The Hall–Kier alpha value is -1.48. The smallest absolute Gasteiger partial charge is 0.227 e. The molecule has 0 atom stereocenters. The van der Waals surface area contributed by atoms with E-state index < -0.39 is 0 Å². The summed E-state index contributed by atoms with van der Waals surface area (Å²) in [5, 5.41) is 0. The van der Waals surface area contributed by atoms with Crippen molar-refractivity contribution in [2.45, 2.75) is 20.4 Å². The molecule has 0 bridgehead atoms. The van der Waals surface area contributed by atoms with Crippen LogP contribution in [0, 0.1) is 13.8 Å². The lowest BCUT2D eigenvalue weighted by Gasteiger charge is -1.99. The van der Waals surface area contributed by atoms with Crippen molar-refractivity contribution in [2.75, 3.05) is 0 Å². The van der Waals surface area contributed by atoms with Gasteiger partial charge in [-0.2, -0.15) is 4.57 Å². The Morgan fingerprint density at radius 2 is 1.72 bits per heavy atom. The average Bonchev–Trinajstić information content (AvgIpc) is 2.29. The second kappa shape index (κ2) is 6.45. The fourth-order valence-electron chi connectivity index (χ4n) is 1.75. The SMILES string of the molecule is Br.Cc1ccc(C(=O)C[n+]2cccc(C)c2)cc1. The molecule has 1 aromatic carbocycles. The number of carbonyl (C=O) groups is 1. The van der Waals surface area contributed by atoms with Crippen molar-refractivity contribution in [3.05, 3.63) is 65.5 Å². The molecule has 0 aliphatic heterocycles. The Bertz CT molecular complexity index is 534. The highest BCUT2D eigenvalue weighted by Crippen LogP contribution is 2.04. The van der Waals surface area contributed by atoms with E-state index >= 15 is 0 Å². The van der Waals surface area contributed by atoms with Gasteiger partial charge in [0.2, 0.25) is 12.3 Å². The number of aryl methyl sites for hydroxylation is 2. The van der Waals surface area contributed by atoms with Gasteiger partial charge in [0.15, 0.2) is 12.4 Å². The third kappa shape index (κ3) is 3.77. The molecule has 0 unspecified atom stereocenters. The summed E-state index contributed by atoms with van der Waals surface area (Å²) in [5.74, 6) is 0.139. The molecule has 0 aliphatic rings. The number of aromatic nitrogens is 1. The largest absolute Gasteiger partial charge is 0.287 e. The number of halogens is 1. The minimum atomic E-state index is 0. The number of Topliss-reactive ketones (excluding diaryl/α,β-unsaturated/α-hetero) is 1. The van der Waals surface area contributed by atoms with E-state index in [1.807, 2.05) is 67.2 Å². The monoisotopic (exact) mass is 306 g/mol. The molecule has 0 radical (unpaired) electrons. The fraction of sp³-hybridized carbons (Fsp3) is 0.200. The van der Waals surface area contributed by atoms with Crippen LogP contribution < -0.4 is 4.57 Å². The maximum Gasteiger partial charge on any atom is 0.227 e. The zero-order valence-electron chi connectivity index (χ0n) is 10.6. The van der Waals surface area contributed by atoms with Crippen molar-refractivity contribution in [1.29, 1.82) is 0 Å². The molecular formula is C15H17BrNO+. The molecule has 0 saturated carbocycles. The number of carbonyl (C=O) groups excluding carboxylic acids is 1. The normalized spacial score (nSPS) is 9.67. The first-order chi connectivity index (χ1) is 8.15. The minimum absolute atomic E-state index is 0. The van der Waals surface area contributed by atoms with Crippen molar-refractivity contribution in [2.24, 2.45) is 0 Å². The summed E-state index contributed by atoms with van der Waals surface area (Å²) < 4.78 is 1.91. The lowest BCUT2D eigenvalue weighted by Crippen LogP contribution is -2.37. The second-order valence-corrected chi connectivity index (χ2v) is 4.34. The van der Waals surface area contributed by atoms with E-state index in [4.69, 9.17) is 0 Å². The molecule has 94 valence electrons. The van der Waals surface area contributed by atoms with E-state index in [9.17, 15) is 4.79 Å². The summed E-state index contributed by atoms with van der Waals surface area (Å²) in [7, 11) is 0. The Morgan fingerprint density at radius 1 is 1.06 bits per heavy atom. The van der Waals surface area contributed by atoms with Crippen LogP contribution in [-0.4, -0.2) is 5.78 Å². The first kappa shape index (κ1) is 14.6. The summed E-state index contributed by atoms with van der Waals surface area (Å²) in [4.78, 5) is 12.0. The molecule has 2 aromatic rings. The highest BCUT2D eigenvalue weighted by molar-refractivity contribution is 8.93. The Kier molecular flexibility index (Phi) is 5.23. The van der Waals surface area contributed by atoms with Crippen LogP contribution in [0.3, 0.4) is 0 Å². The number of nitrogens with zero attached hydrogens (tertiary/aromatic N) is 1. The van der Waals surface area contributed by atoms with Gasteiger partial charge in [-0.05, 0) is 19.9 Å². The van der Waals surface area contributed by atoms with E-state index in [1.165, 1.54) is 5.56 Å². The van der Waals surface area contributed by atoms with Gasteiger partial charge in [0.05, 0.1) is 0 Å². The predicted molar refractivity (Wildman–Crippen MR) is 77.2 cm³/mol. The number of pyridine rings is 1. The number of hydrogen-bond donors (Lipinski definition) is 0. The van der Waals surface area contributed by atoms with Gasteiger partial charge >= 0.3 is 0 Å². The molecule has 0 fully saturated rings. The zero-order valence-corrected chi connectivity index (χ0v) is 12.3. The van der Waals surface area contributed by atoms with Crippen LogP contribution in [0.5, 0.6) is 0 Å². The van der Waals surface area contributed by atoms with Gasteiger partial charge in [-0.25, -0.2) is 0 Å². The van der Waals surface area contributed by atoms with E-state index in [0.29, 0.717) is 6.54 Å². The molecule has 2 rings (SSSR count). The van der Waals surface area contributed by atoms with Crippen molar-refractivity contribution in [3.63, 3.8) is 0 Å². The summed E-state index contributed by atoms with van der Waals surface area (Å²) in [6, 6.07) is 11.7. The van der Waals surface area contributed by atoms with Gasteiger partial charge in [0, 0.05) is 17.2 Å². The summed E-state index contributed by atoms with van der Waals surface area (Å²) in [5.41, 5.74) is 3.10. The zero-order chi connectivity index (χ0) is 12.3. The van der Waals surface area contributed by atoms with Gasteiger partial charge in [-0.3, -0.25) is 4.79 Å². The Labute approximate surface area is 118 Å². The van der Waals surface area contributed by atoms with E-state index in [0.717, 1.165) is 11.1 Å². The fourth-order valence-corrected chi connectivity index (χ4v) is 1.75. The maximum absolute atomic E-state index is 12.0. The first-order valence-electron chi connectivity index (χ1n) is 5.71. The van der Waals surface area contributed by atoms with Gasteiger partial charge in [-0.15, -0.1) is 17.0 Å². The van der Waals surface area contributed by atoms with Gasteiger partial charge < -0.3 is 0 Å². The highest BCUT2D eigenvalue weighted by atomic mass is 79.9. The van der Waals surface area contributed by atoms with Crippen LogP contribution in [0.2, 0.25) is 0 Å². The van der Waals surface area contributed by atoms with Gasteiger partial charge in [-0.1, -0.05) is 29.8 Å². The van der Waals surface area contributed by atoms with Crippen molar-refractivity contribution in [1.82, 2.24) is 0 Å². The Balaban J connectivity index is 0.00000162. The number of benzene rings is 1. The maximum atomic E-state index is 12.0. The molecule has 0 amide bonds. The number of rotatable bonds is 3. The average molecular weight is 307 g/mol. The molecular weight excluding hydrogens is 290 g/mol. The highest BCUT2D eigenvalue weighted by Gasteiger charge is 2.11. The first-order valence-corrected chi connectivity index (χ1v) is 5.71. The van der Waals surface area contributed by atoms with Crippen LogP contribution >= 0.6 is 17.0 Å². The van der Waals surface area contributed by atoms with Crippen LogP contribution in [0.25, 0.3) is 0 Å². The van der Waals surface area contributed by atoms with Crippen molar-refractivity contribution < 1.29 is 9.36 Å². The van der Waals surface area contributed by atoms with Crippen LogP contribution in [-0.2, 0) is 6.54 Å². The molecule has 18 heavy (non-hydrogen) atoms. The molecule has 3 heteroatoms.